The van der Waals surface area contributed by atoms with Crippen LogP contribution in [0.2, 0.25) is 5.02 Å². The topological polar surface area (TPSA) is 139 Å². The molecule has 220 valence electrons. The molecule has 43 heavy (non-hydrogen) atoms. The molecule has 0 fully saturated rings. The van der Waals surface area contributed by atoms with Crippen LogP contribution in [0.15, 0.2) is 71.7 Å². The average molecular weight is 600 g/mol. The third kappa shape index (κ3) is 6.85. The summed E-state index contributed by atoms with van der Waals surface area (Å²) >= 11 is 6.19. The van der Waals surface area contributed by atoms with Crippen LogP contribution in [-0.2, 0) is 4.79 Å². The Morgan fingerprint density at radius 1 is 1.07 bits per heavy atom. The van der Waals surface area contributed by atoms with Crippen LogP contribution in [0.5, 0.6) is 5.75 Å². The highest BCUT2D eigenvalue weighted by atomic mass is 35.5. The third-order valence-electron chi connectivity index (χ3n) is 7.09. The van der Waals surface area contributed by atoms with Gasteiger partial charge in [-0.05, 0) is 56.1 Å². The fourth-order valence-electron chi connectivity index (χ4n) is 5.02. The molecular weight excluding hydrogens is 569 g/mol. The van der Waals surface area contributed by atoms with Crippen molar-refractivity contribution in [3.05, 3.63) is 100 Å². The van der Waals surface area contributed by atoms with Gasteiger partial charge in [-0.25, -0.2) is 0 Å². The number of carbonyl (C=O) groups excluding carboxylic acids is 2. The SMILES string of the molecule is CCNC(=O)C[C@@H]1N=C(c2ccc(Cl)cc2)c2cc(OCCCC(=O)c3cccc(B(O)O)c3)ccc2-n2c(C)nnc21. The van der Waals surface area contributed by atoms with Gasteiger partial charge >= 0.3 is 7.12 Å². The van der Waals surface area contributed by atoms with Crippen molar-refractivity contribution in [1.29, 1.82) is 0 Å². The van der Waals surface area contributed by atoms with Crippen molar-refractivity contribution < 1.29 is 24.4 Å². The fraction of sp³-hybridized carbons (Fsp3) is 0.258. The molecule has 0 radical (unpaired) electrons. The van der Waals surface area contributed by atoms with Crippen LogP contribution >= 0.6 is 11.6 Å². The van der Waals surface area contributed by atoms with Gasteiger partial charge in [0.15, 0.2) is 11.6 Å². The molecule has 0 bridgehead atoms. The van der Waals surface area contributed by atoms with Crippen LogP contribution in [-0.4, -0.2) is 62.5 Å². The van der Waals surface area contributed by atoms with E-state index in [4.69, 9.17) is 21.3 Å². The van der Waals surface area contributed by atoms with Gasteiger partial charge in [0, 0.05) is 34.7 Å². The van der Waals surface area contributed by atoms with Crippen LogP contribution in [0.4, 0.5) is 0 Å². The van der Waals surface area contributed by atoms with Crippen molar-refractivity contribution in [3.63, 3.8) is 0 Å². The lowest BCUT2D eigenvalue weighted by molar-refractivity contribution is -0.121. The first-order valence-electron chi connectivity index (χ1n) is 14.0. The number of aryl methyl sites for hydroxylation is 1. The number of carbonyl (C=O) groups is 2. The number of fused-ring (bicyclic) bond motifs is 3. The maximum Gasteiger partial charge on any atom is 0.488 e. The van der Waals surface area contributed by atoms with E-state index in [9.17, 15) is 19.6 Å². The standard InChI is InChI=1S/C31H31BClN5O5/c1-3-34-29(40)18-26-31-37-36-19(2)38(31)27-14-13-24(17-25(27)30(35-26)20-9-11-23(33)12-10-20)43-15-5-8-28(39)21-6-4-7-22(16-21)32(41)42/h4,6-7,9-14,16-17,26,41-42H,3,5,8,15,18H2,1-2H3,(H,34,40)/t26-/m0/s1. The first-order valence-corrected chi connectivity index (χ1v) is 14.4. The van der Waals surface area contributed by atoms with Crippen LogP contribution in [0.3, 0.4) is 0 Å². The van der Waals surface area contributed by atoms with Gasteiger partial charge in [0.05, 0.1) is 24.4 Å². The number of Topliss-reactive ketones (excluding diaryl/α,β-unsaturated/α-hetero) is 1. The molecule has 0 saturated carbocycles. The molecule has 3 N–H and O–H groups in total. The summed E-state index contributed by atoms with van der Waals surface area (Å²) in [5.41, 5.74) is 3.75. The number of hydrogen-bond donors (Lipinski definition) is 3. The number of ether oxygens (including phenoxy) is 1. The number of rotatable bonds is 11. The first kappa shape index (κ1) is 30.2. The summed E-state index contributed by atoms with van der Waals surface area (Å²) < 4.78 is 8.00. The lowest BCUT2D eigenvalue weighted by Gasteiger charge is -2.15. The molecule has 1 atom stereocenters. The third-order valence-corrected chi connectivity index (χ3v) is 7.34. The van der Waals surface area contributed by atoms with E-state index in [0.717, 1.165) is 16.8 Å². The number of nitrogens with zero attached hydrogens (tertiary/aromatic N) is 4. The lowest BCUT2D eigenvalue weighted by atomic mass is 9.79. The van der Waals surface area contributed by atoms with Gasteiger partial charge in [-0.3, -0.25) is 19.1 Å². The van der Waals surface area contributed by atoms with Crippen molar-refractivity contribution in [2.24, 2.45) is 4.99 Å². The Morgan fingerprint density at radius 2 is 1.86 bits per heavy atom. The molecule has 4 aromatic rings. The second-order valence-electron chi connectivity index (χ2n) is 10.2. The van der Waals surface area contributed by atoms with E-state index in [0.29, 0.717) is 46.7 Å². The summed E-state index contributed by atoms with van der Waals surface area (Å²) in [4.78, 5) is 30.4. The minimum absolute atomic E-state index is 0.106. The zero-order valence-electron chi connectivity index (χ0n) is 23.8. The zero-order valence-corrected chi connectivity index (χ0v) is 24.6. The summed E-state index contributed by atoms with van der Waals surface area (Å²) in [6, 6.07) is 18.8. The quantitative estimate of drug-likeness (QED) is 0.136. The smallest absolute Gasteiger partial charge is 0.488 e. The summed E-state index contributed by atoms with van der Waals surface area (Å²) in [6.45, 7) is 4.52. The van der Waals surface area contributed by atoms with Gasteiger partial charge in [0.1, 0.15) is 17.6 Å². The Labute approximate surface area is 254 Å². The first-order chi connectivity index (χ1) is 20.7. The summed E-state index contributed by atoms with van der Waals surface area (Å²) in [5, 5.41) is 30.9. The second kappa shape index (κ2) is 13.3. The van der Waals surface area contributed by atoms with Gasteiger partial charge in [0.25, 0.3) is 0 Å². The highest BCUT2D eigenvalue weighted by Crippen LogP contribution is 2.34. The lowest BCUT2D eigenvalue weighted by Crippen LogP contribution is -2.30. The van der Waals surface area contributed by atoms with E-state index in [-0.39, 0.29) is 36.6 Å². The Kier molecular flexibility index (Phi) is 9.35. The van der Waals surface area contributed by atoms with E-state index < -0.39 is 13.2 Å². The molecule has 0 spiro atoms. The Bertz CT molecular complexity index is 1670. The molecule has 0 aliphatic carbocycles. The number of amides is 1. The maximum absolute atomic E-state index is 12.7. The molecule has 0 unspecified atom stereocenters. The van der Waals surface area contributed by atoms with Crippen molar-refractivity contribution in [1.82, 2.24) is 20.1 Å². The second-order valence-corrected chi connectivity index (χ2v) is 10.6. The van der Waals surface area contributed by atoms with E-state index in [1.165, 1.54) is 6.07 Å². The van der Waals surface area contributed by atoms with Gasteiger partial charge < -0.3 is 20.1 Å². The van der Waals surface area contributed by atoms with E-state index in [1.54, 1.807) is 30.3 Å². The van der Waals surface area contributed by atoms with Crippen LogP contribution in [0, 0.1) is 6.92 Å². The molecule has 3 aromatic carbocycles. The van der Waals surface area contributed by atoms with E-state index in [2.05, 4.69) is 15.5 Å². The summed E-state index contributed by atoms with van der Waals surface area (Å²) in [7, 11) is -1.63. The Morgan fingerprint density at radius 3 is 2.60 bits per heavy atom. The van der Waals surface area contributed by atoms with Crippen molar-refractivity contribution in [3.8, 4) is 11.4 Å². The zero-order chi connectivity index (χ0) is 30.5. The van der Waals surface area contributed by atoms with Crippen molar-refractivity contribution in [2.75, 3.05) is 13.2 Å². The molecule has 1 aliphatic rings. The number of aliphatic imine (C=N–C) groups is 1. The molecule has 1 aromatic heterocycles. The minimum Gasteiger partial charge on any atom is -0.494 e. The number of nitrogens with one attached hydrogen (secondary N) is 1. The fourth-order valence-corrected chi connectivity index (χ4v) is 5.15. The van der Waals surface area contributed by atoms with Gasteiger partial charge in [-0.15, -0.1) is 10.2 Å². The monoisotopic (exact) mass is 599 g/mol. The Hall–Kier alpha value is -4.32. The predicted molar refractivity (Wildman–Crippen MR) is 165 cm³/mol. The largest absolute Gasteiger partial charge is 0.494 e. The maximum atomic E-state index is 12.7. The molecule has 0 saturated heterocycles. The number of hydrogen-bond acceptors (Lipinski definition) is 8. The van der Waals surface area contributed by atoms with Gasteiger partial charge in [0.2, 0.25) is 5.91 Å². The molecule has 2 heterocycles. The van der Waals surface area contributed by atoms with E-state index in [1.807, 2.05) is 48.7 Å². The van der Waals surface area contributed by atoms with Gasteiger partial charge in [-0.1, -0.05) is 48.0 Å². The van der Waals surface area contributed by atoms with Gasteiger partial charge in [-0.2, -0.15) is 0 Å². The average Bonchev–Trinajstić information content (AvgIpc) is 3.32. The Balaban J connectivity index is 1.42. The predicted octanol–water partition coefficient (Wildman–Crippen LogP) is 3.37. The van der Waals surface area contributed by atoms with Crippen LogP contribution in [0.25, 0.3) is 5.69 Å². The summed E-state index contributed by atoms with van der Waals surface area (Å²) in [6.07, 6.45) is 0.802. The molecule has 10 nitrogen and oxygen atoms in total. The molecule has 1 aliphatic heterocycles. The van der Waals surface area contributed by atoms with Crippen molar-refractivity contribution in [2.45, 2.75) is 39.2 Å². The van der Waals surface area contributed by atoms with Crippen LogP contribution in [0.1, 0.15) is 65.4 Å². The number of benzene rings is 3. The molecule has 5 rings (SSSR count). The molecular formula is C31H31BClN5O5. The van der Waals surface area contributed by atoms with Crippen LogP contribution < -0.4 is 15.5 Å². The van der Waals surface area contributed by atoms with Crippen molar-refractivity contribution >= 4 is 41.6 Å². The number of aromatic nitrogens is 3. The summed E-state index contributed by atoms with van der Waals surface area (Å²) in [5.74, 6) is 1.57. The molecule has 12 heteroatoms. The number of halogens is 1. The molecule has 1 amide bonds. The highest BCUT2D eigenvalue weighted by molar-refractivity contribution is 6.58. The van der Waals surface area contributed by atoms with E-state index >= 15 is 0 Å². The minimum atomic E-state index is -1.63. The number of ketones is 1. The normalized spacial score (nSPS) is 13.8. The highest BCUT2D eigenvalue weighted by Gasteiger charge is 2.30.